The van der Waals surface area contributed by atoms with Gasteiger partial charge in [0.25, 0.3) is 5.91 Å². The molecule has 1 amide bonds. The molecule has 2 aliphatic rings. The summed E-state index contributed by atoms with van der Waals surface area (Å²) < 4.78 is 5.36. The number of nitrogens with one attached hydrogen (secondary N) is 1. The molecule has 6 heteroatoms. The Labute approximate surface area is 144 Å². The third kappa shape index (κ3) is 4.92. The highest BCUT2D eigenvalue weighted by Crippen LogP contribution is 2.14. The van der Waals surface area contributed by atoms with E-state index in [4.69, 9.17) is 4.74 Å². The van der Waals surface area contributed by atoms with Gasteiger partial charge in [-0.1, -0.05) is 12.8 Å². The van der Waals surface area contributed by atoms with Gasteiger partial charge in [0.05, 0.1) is 13.2 Å². The number of carbonyl (C=O) groups is 1. The molecular weight excluding hydrogens is 304 g/mol. The van der Waals surface area contributed by atoms with Crippen LogP contribution in [0.4, 0.5) is 5.69 Å². The number of carbonyl (C=O) groups excluding carboxylic acids is 1. The molecule has 0 atom stereocenters. The Morgan fingerprint density at radius 3 is 2.62 bits per heavy atom. The lowest BCUT2D eigenvalue weighted by molar-refractivity contribution is 0.0398. The Morgan fingerprint density at radius 2 is 1.88 bits per heavy atom. The zero-order valence-corrected chi connectivity index (χ0v) is 14.4. The molecule has 0 spiro atoms. The van der Waals surface area contributed by atoms with Gasteiger partial charge >= 0.3 is 0 Å². The van der Waals surface area contributed by atoms with E-state index in [0.29, 0.717) is 5.69 Å². The van der Waals surface area contributed by atoms with Crippen molar-refractivity contribution in [3.05, 3.63) is 24.0 Å². The highest BCUT2D eigenvalue weighted by molar-refractivity contribution is 5.93. The van der Waals surface area contributed by atoms with Crippen molar-refractivity contribution in [1.82, 2.24) is 14.8 Å². The summed E-state index contributed by atoms with van der Waals surface area (Å²) in [7, 11) is 0. The molecular formula is C18H28N4O2. The Hall–Kier alpha value is -1.66. The lowest BCUT2D eigenvalue weighted by Crippen LogP contribution is -2.39. The van der Waals surface area contributed by atoms with Gasteiger partial charge in [0, 0.05) is 51.2 Å². The largest absolute Gasteiger partial charge is 0.384 e. The van der Waals surface area contributed by atoms with E-state index in [0.717, 1.165) is 71.0 Å². The van der Waals surface area contributed by atoms with Crippen molar-refractivity contribution >= 4 is 11.6 Å². The minimum atomic E-state index is 0.0636. The van der Waals surface area contributed by atoms with Gasteiger partial charge in [0.1, 0.15) is 5.69 Å². The minimum absolute atomic E-state index is 0.0636. The van der Waals surface area contributed by atoms with E-state index in [1.165, 1.54) is 12.8 Å². The second-order valence-electron chi connectivity index (χ2n) is 6.52. The molecule has 2 saturated heterocycles. The number of ether oxygens (including phenoxy) is 1. The highest BCUT2D eigenvalue weighted by atomic mass is 16.5. The predicted molar refractivity (Wildman–Crippen MR) is 94.4 cm³/mol. The number of hydrogen-bond donors (Lipinski definition) is 1. The average molecular weight is 332 g/mol. The van der Waals surface area contributed by atoms with Crippen LogP contribution in [0.5, 0.6) is 0 Å². The van der Waals surface area contributed by atoms with Crippen molar-refractivity contribution in [2.45, 2.75) is 25.7 Å². The fourth-order valence-corrected chi connectivity index (χ4v) is 3.28. The number of nitrogens with zero attached hydrogens (tertiary/aromatic N) is 3. The first kappa shape index (κ1) is 17.2. The second-order valence-corrected chi connectivity index (χ2v) is 6.52. The quantitative estimate of drug-likeness (QED) is 0.892. The zero-order chi connectivity index (χ0) is 16.6. The van der Waals surface area contributed by atoms with Crippen LogP contribution in [0.2, 0.25) is 0 Å². The summed E-state index contributed by atoms with van der Waals surface area (Å²) in [5.41, 5.74) is 1.52. The topological polar surface area (TPSA) is 57.7 Å². The number of morpholine rings is 1. The van der Waals surface area contributed by atoms with Crippen LogP contribution < -0.4 is 5.32 Å². The number of aromatic nitrogens is 1. The van der Waals surface area contributed by atoms with Crippen molar-refractivity contribution in [3.8, 4) is 0 Å². The number of pyridine rings is 1. The maximum absolute atomic E-state index is 12.6. The summed E-state index contributed by atoms with van der Waals surface area (Å²) in [6.07, 6.45) is 6.37. The Morgan fingerprint density at radius 1 is 1.12 bits per heavy atom. The molecule has 1 aromatic rings. The van der Waals surface area contributed by atoms with Gasteiger partial charge in [-0.3, -0.25) is 14.7 Å². The van der Waals surface area contributed by atoms with E-state index in [9.17, 15) is 4.79 Å². The van der Waals surface area contributed by atoms with E-state index < -0.39 is 0 Å². The number of amides is 1. The van der Waals surface area contributed by atoms with Crippen LogP contribution in [0, 0.1) is 0 Å². The molecule has 0 radical (unpaired) electrons. The van der Waals surface area contributed by atoms with Crippen LogP contribution in [0.15, 0.2) is 18.3 Å². The SMILES string of the molecule is O=C(c1cc(NCCN2CCOCC2)ccn1)N1CCCCCC1. The Bertz CT molecular complexity index is 524. The number of likely N-dealkylation sites (tertiary alicyclic amines) is 1. The van der Waals surface area contributed by atoms with Crippen molar-refractivity contribution < 1.29 is 9.53 Å². The summed E-state index contributed by atoms with van der Waals surface area (Å²) in [5, 5.41) is 3.41. The van der Waals surface area contributed by atoms with Crippen LogP contribution in [0.25, 0.3) is 0 Å². The molecule has 0 aromatic carbocycles. The van der Waals surface area contributed by atoms with Gasteiger partial charge < -0.3 is 15.0 Å². The molecule has 1 aromatic heterocycles. The molecule has 0 saturated carbocycles. The van der Waals surface area contributed by atoms with Crippen LogP contribution in [-0.2, 0) is 4.74 Å². The Kier molecular flexibility index (Phi) is 6.43. The fraction of sp³-hybridized carbons (Fsp3) is 0.667. The second kappa shape index (κ2) is 8.99. The third-order valence-corrected chi connectivity index (χ3v) is 4.73. The van der Waals surface area contributed by atoms with Crippen molar-refractivity contribution in [2.24, 2.45) is 0 Å². The maximum Gasteiger partial charge on any atom is 0.272 e. The average Bonchev–Trinajstić information content (AvgIpc) is 2.92. The molecule has 2 fully saturated rings. The first-order chi connectivity index (χ1) is 11.8. The van der Waals surface area contributed by atoms with Gasteiger partial charge in [0.15, 0.2) is 0 Å². The normalized spacial score (nSPS) is 19.8. The lowest BCUT2D eigenvalue weighted by atomic mass is 10.2. The third-order valence-electron chi connectivity index (χ3n) is 4.73. The molecule has 2 aliphatic heterocycles. The summed E-state index contributed by atoms with van der Waals surface area (Å²) in [6, 6.07) is 3.81. The summed E-state index contributed by atoms with van der Waals surface area (Å²) in [6.45, 7) is 7.20. The minimum Gasteiger partial charge on any atom is -0.384 e. The molecule has 0 aliphatic carbocycles. The van der Waals surface area contributed by atoms with Gasteiger partial charge in [0.2, 0.25) is 0 Å². The van der Waals surface area contributed by atoms with Gasteiger partial charge in [-0.15, -0.1) is 0 Å². The molecule has 1 N–H and O–H groups in total. The van der Waals surface area contributed by atoms with Crippen LogP contribution in [0.3, 0.4) is 0 Å². The number of rotatable bonds is 5. The standard InChI is InChI=1S/C18H28N4O2/c23-18(22-8-3-1-2-4-9-22)17-15-16(5-6-20-17)19-7-10-21-11-13-24-14-12-21/h5-6,15H,1-4,7-14H2,(H,19,20). The van der Waals surface area contributed by atoms with E-state index in [-0.39, 0.29) is 5.91 Å². The van der Waals surface area contributed by atoms with Crippen LogP contribution >= 0.6 is 0 Å². The summed E-state index contributed by atoms with van der Waals surface area (Å²) >= 11 is 0. The van der Waals surface area contributed by atoms with Gasteiger partial charge in [-0.05, 0) is 25.0 Å². The molecule has 6 nitrogen and oxygen atoms in total. The first-order valence-corrected chi connectivity index (χ1v) is 9.12. The van der Waals surface area contributed by atoms with E-state index in [2.05, 4.69) is 15.2 Å². The van der Waals surface area contributed by atoms with E-state index in [1.807, 2.05) is 17.0 Å². The highest BCUT2D eigenvalue weighted by Gasteiger charge is 2.18. The summed E-state index contributed by atoms with van der Waals surface area (Å²) in [4.78, 5) is 21.3. The molecule has 132 valence electrons. The molecule has 0 unspecified atom stereocenters. The first-order valence-electron chi connectivity index (χ1n) is 9.12. The monoisotopic (exact) mass is 332 g/mol. The van der Waals surface area contributed by atoms with Crippen LogP contribution in [0.1, 0.15) is 36.2 Å². The van der Waals surface area contributed by atoms with E-state index >= 15 is 0 Å². The molecule has 0 bridgehead atoms. The Balaban J connectivity index is 1.52. The summed E-state index contributed by atoms with van der Waals surface area (Å²) in [5.74, 6) is 0.0636. The number of hydrogen-bond acceptors (Lipinski definition) is 5. The molecule has 3 rings (SSSR count). The smallest absolute Gasteiger partial charge is 0.272 e. The van der Waals surface area contributed by atoms with Crippen LogP contribution in [-0.4, -0.2) is 73.2 Å². The van der Waals surface area contributed by atoms with Gasteiger partial charge in [-0.2, -0.15) is 0 Å². The van der Waals surface area contributed by atoms with Gasteiger partial charge in [-0.25, -0.2) is 0 Å². The fourth-order valence-electron chi connectivity index (χ4n) is 3.28. The maximum atomic E-state index is 12.6. The van der Waals surface area contributed by atoms with Crippen molar-refractivity contribution in [1.29, 1.82) is 0 Å². The van der Waals surface area contributed by atoms with E-state index in [1.54, 1.807) is 6.20 Å². The molecule has 24 heavy (non-hydrogen) atoms. The van der Waals surface area contributed by atoms with Crippen molar-refractivity contribution in [3.63, 3.8) is 0 Å². The zero-order valence-electron chi connectivity index (χ0n) is 14.4. The lowest BCUT2D eigenvalue weighted by Gasteiger charge is -2.26. The predicted octanol–water partition coefficient (Wildman–Crippen LogP) is 1.84. The number of anilines is 1. The van der Waals surface area contributed by atoms with Crippen molar-refractivity contribution in [2.75, 3.05) is 57.8 Å². The molecule has 3 heterocycles.